The monoisotopic (exact) mass is 398 g/mol. The fraction of sp³-hybridized carbons (Fsp3) is 0.238. The van der Waals surface area contributed by atoms with Crippen LogP contribution in [0.4, 0.5) is 0 Å². The molecule has 27 heavy (non-hydrogen) atoms. The maximum absolute atomic E-state index is 12.6. The third kappa shape index (κ3) is 4.30. The highest BCUT2D eigenvalue weighted by Gasteiger charge is 2.18. The molecule has 0 saturated carbocycles. The molecule has 0 bridgehead atoms. The molecule has 1 aliphatic heterocycles. The highest BCUT2D eigenvalue weighted by Crippen LogP contribution is 2.24. The molecule has 0 fully saturated rings. The van der Waals surface area contributed by atoms with Gasteiger partial charge in [-0.25, -0.2) is 13.1 Å². The predicted octanol–water partition coefficient (Wildman–Crippen LogP) is 3.75. The summed E-state index contributed by atoms with van der Waals surface area (Å²) in [6.07, 6.45) is 1.06. The minimum atomic E-state index is -3.48. The van der Waals surface area contributed by atoms with Crippen LogP contribution in [0.25, 0.3) is 11.1 Å². The van der Waals surface area contributed by atoms with E-state index in [-0.39, 0.29) is 0 Å². The van der Waals surface area contributed by atoms with Crippen LogP contribution < -0.4 is 4.72 Å². The van der Waals surface area contributed by atoms with Gasteiger partial charge in [0.05, 0.1) is 4.90 Å². The van der Waals surface area contributed by atoms with Crippen molar-refractivity contribution in [2.45, 2.75) is 17.9 Å². The molecule has 2 heterocycles. The van der Waals surface area contributed by atoms with Gasteiger partial charge < -0.3 is 0 Å². The van der Waals surface area contributed by atoms with Gasteiger partial charge in [-0.15, -0.1) is 11.3 Å². The number of hydrogen-bond acceptors (Lipinski definition) is 4. The van der Waals surface area contributed by atoms with E-state index in [2.05, 4.69) is 21.1 Å². The number of sulfonamides is 1. The lowest BCUT2D eigenvalue weighted by molar-refractivity contribution is 0.260. The largest absolute Gasteiger partial charge is 0.297 e. The van der Waals surface area contributed by atoms with Gasteiger partial charge in [-0.2, -0.15) is 0 Å². The van der Waals surface area contributed by atoms with E-state index in [9.17, 15) is 8.42 Å². The summed E-state index contributed by atoms with van der Waals surface area (Å²) < 4.78 is 27.8. The smallest absolute Gasteiger partial charge is 0.240 e. The minimum Gasteiger partial charge on any atom is -0.297 e. The Morgan fingerprint density at radius 3 is 2.48 bits per heavy atom. The maximum atomic E-state index is 12.6. The van der Waals surface area contributed by atoms with Gasteiger partial charge in [-0.05, 0) is 46.7 Å². The van der Waals surface area contributed by atoms with Gasteiger partial charge >= 0.3 is 0 Å². The number of rotatable bonds is 6. The molecule has 0 atom stereocenters. The molecule has 0 radical (unpaired) electrons. The molecule has 2 aromatic carbocycles. The highest BCUT2D eigenvalue weighted by molar-refractivity contribution is 7.89. The van der Waals surface area contributed by atoms with Gasteiger partial charge in [0.1, 0.15) is 0 Å². The molecule has 1 aliphatic rings. The summed E-state index contributed by atoms with van der Waals surface area (Å²) in [5, 5.41) is 2.13. The average Bonchev–Trinajstić information content (AvgIpc) is 3.16. The molecule has 140 valence electrons. The fourth-order valence-electron chi connectivity index (χ4n) is 3.38. The Kier molecular flexibility index (Phi) is 5.41. The van der Waals surface area contributed by atoms with Crippen molar-refractivity contribution in [1.29, 1.82) is 0 Å². The van der Waals surface area contributed by atoms with Crippen LogP contribution in [0.5, 0.6) is 0 Å². The Labute approximate surface area is 164 Å². The summed E-state index contributed by atoms with van der Waals surface area (Å²) in [5.74, 6) is 0. The summed E-state index contributed by atoms with van der Waals surface area (Å²) in [6, 6.07) is 19.2. The van der Waals surface area contributed by atoms with Crippen LogP contribution >= 0.6 is 11.3 Å². The molecule has 6 heteroatoms. The first kappa shape index (κ1) is 18.4. The van der Waals surface area contributed by atoms with Crippen molar-refractivity contribution in [2.24, 2.45) is 0 Å². The zero-order valence-electron chi connectivity index (χ0n) is 15.0. The molecular formula is C21H22N2O2S2. The van der Waals surface area contributed by atoms with Gasteiger partial charge in [-0.1, -0.05) is 42.5 Å². The number of hydrogen-bond donors (Lipinski definition) is 1. The van der Waals surface area contributed by atoms with Gasteiger partial charge in [0, 0.05) is 31.1 Å². The molecule has 0 spiro atoms. The molecule has 0 amide bonds. The van der Waals surface area contributed by atoms with Crippen molar-refractivity contribution in [2.75, 3.05) is 19.6 Å². The molecule has 0 aliphatic carbocycles. The van der Waals surface area contributed by atoms with E-state index in [4.69, 9.17) is 0 Å². The Morgan fingerprint density at radius 1 is 0.963 bits per heavy atom. The molecule has 0 unspecified atom stereocenters. The first-order chi connectivity index (χ1) is 13.1. The summed E-state index contributed by atoms with van der Waals surface area (Å²) in [4.78, 5) is 4.07. The van der Waals surface area contributed by atoms with Crippen LogP contribution in [-0.4, -0.2) is 33.0 Å². The second-order valence-electron chi connectivity index (χ2n) is 6.68. The van der Waals surface area contributed by atoms with Gasteiger partial charge in [-0.3, -0.25) is 4.90 Å². The van der Waals surface area contributed by atoms with E-state index < -0.39 is 10.0 Å². The Morgan fingerprint density at radius 2 is 1.70 bits per heavy atom. The standard InChI is InChI=1S/C21H22N2O2S2/c24-27(25,20-8-6-18(7-9-20)17-4-2-1-3-5-17)22-12-14-23-13-10-21-19(16-23)11-15-26-21/h1-9,11,15,22H,10,12-14,16H2. The van der Waals surface area contributed by atoms with Gasteiger partial charge in [0.2, 0.25) is 10.0 Å². The second-order valence-corrected chi connectivity index (χ2v) is 9.45. The van der Waals surface area contributed by atoms with Gasteiger partial charge in [0.15, 0.2) is 0 Å². The Balaban J connectivity index is 1.35. The predicted molar refractivity (Wildman–Crippen MR) is 110 cm³/mol. The van der Waals surface area contributed by atoms with E-state index in [1.807, 2.05) is 53.8 Å². The third-order valence-corrected chi connectivity index (χ3v) is 7.38. The van der Waals surface area contributed by atoms with E-state index in [0.717, 1.165) is 37.2 Å². The first-order valence-corrected chi connectivity index (χ1v) is 11.4. The normalized spacial score (nSPS) is 14.8. The Hall–Kier alpha value is -1.99. The van der Waals surface area contributed by atoms with Gasteiger partial charge in [0.25, 0.3) is 0 Å². The zero-order chi connectivity index (χ0) is 18.7. The van der Waals surface area contributed by atoms with Crippen LogP contribution in [-0.2, 0) is 23.0 Å². The SMILES string of the molecule is O=S(=O)(NCCN1CCc2sccc2C1)c1ccc(-c2ccccc2)cc1. The van der Waals surface area contributed by atoms with E-state index in [0.29, 0.717) is 11.4 Å². The lowest BCUT2D eigenvalue weighted by atomic mass is 10.1. The van der Waals surface area contributed by atoms with Crippen molar-refractivity contribution < 1.29 is 8.42 Å². The fourth-order valence-corrected chi connectivity index (χ4v) is 5.29. The minimum absolute atomic E-state index is 0.306. The molecule has 1 N–H and O–H groups in total. The topological polar surface area (TPSA) is 49.4 Å². The Bertz CT molecular complexity index is 996. The molecule has 3 aromatic rings. The van der Waals surface area contributed by atoms with Crippen molar-refractivity contribution in [3.63, 3.8) is 0 Å². The summed E-state index contributed by atoms with van der Waals surface area (Å²) in [5.41, 5.74) is 3.47. The van der Waals surface area contributed by atoms with Crippen molar-refractivity contribution in [1.82, 2.24) is 9.62 Å². The quantitative estimate of drug-likeness (QED) is 0.688. The lowest BCUT2D eigenvalue weighted by Gasteiger charge is -2.26. The summed E-state index contributed by atoms with van der Waals surface area (Å²) in [7, 11) is -3.48. The van der Waals surface area contributed by atoms with E-state index >= 15 is 0 Å². The number of nitrogens with zero attached hydrogens (tertiary/aromatic N) is 1. The third-order valence-electron chi connectivity index (χ3n) is 4.88. The van der Waals surface area contributed by atoms with Crippen LogP contribution in [0.2, 0.25) is 0 Å². The summed E-state index contributed by atoms with van der Waals surface area (Å²) >= 11 is 1.81. The zero-order valence-corrected chi connectivity index (χ0v) is 16.6. The van der Waals surface area contributed by atoms with Crippen molar-refractivity contribution >= 4 is 21.4 Å². The van der Waals surface area contributed by atoms with Crippen LogP contribution in [0.3, 0.4) is 0 Å². The van der Waals surface area contributed by atoms with E-state index in [1.54, 1.807) is 12.1 Å². The number of benzene rings is 2. The number of nitrogens with one attached hydrogen (secondary N) is 1. The van der Waals surface area contributed by atoms with Crippen LogP contribution in [0.15, 0.2) is 70.9 Å². The van der Waals surface area contributed by atoms with E-state index in [1.165, 1.54) is 10.4 Å². The summed E-state index contributed by atoms with van der Waals surface area (Å²) in [6.45, 7) is 3.03. The van der Waals surface area contributed by atoms with Crippen LogP contribution in [0, 0.1) is 0 Å². The number of fused-ring (bicyclic) bond motifs is 1. The molecular weight excluding hydrogens is 376 g/mol. The average molecular weight is 399 g/mol. The van der Waals surface area contributed by atoms with Crippen molar-refractivity contribution in [3.05, 3.63) is 76.5 Å². The lowest BCUT2D eigenvalue weighted by Crippen LogP contribution is -2.37. The molecule has 0 saturated heterocycles. The van der Waals surface area contributed by atoms with Crippen molar-refractivity contribution in [3.8, 4) is 11.1 Å². The highest BCUT2D eigenvalue weighted by atomic mass is 32.2. The number of thiophene rings is 1. The first-order valence-electron chi connectivity index (χ1n) is 9.04. The van der Waals surface area contributed by atoms with Crippen LogP contribution in [0.1, 0.15) is 10.4 Å². The second kappa shape index (κ2) is 7.94. The molecule has 4 nitrogen and oxygen atoms in total. The molecule has 1 aromatic heterocycles. The molecule has 4 rings (SSSR count). The maximum Gasteiger partial charge on any atom is 0.240 e.